The van der Waals surface area contributed by atoms with Crippen molar-refractivity contribution in [1.82, 2.24) is 0 Å². The molecule has 0 unspecified atom stereocenters. The third-order valence-electron chi connectivity index (χ3n) is 3.92. The van der Waals surface area contributed by atoms with Gasteiger partial charge in [-0.3, -0.25) is 4.79 Å². The second-order valence-corrected chi connectivity index (χ2v) is 5.36. The SMILES string of the molecule is COc1c(C)c(O)cc2oc(-c3ccc(O)cc3)c(C)c(=O)c12. The highest BCUT2D eigenvalue weighted by Crippen LogP contribution is 2.36. The fraction of sp³-hybridized carbons (Fsp3) is 0.167. The van der Waals surface area contributed by atoms with E-state index in [0.717, 1.165) is 0 Å². The van der Waals surface area contributed by atoms with Gasteiger partial charge in [0.15, 0.2) is 5.43 Å². The summed E-state index contributed by atoms with van der Waals surface area (Å²) in [6, 6.07) is 7.78. The summed E-state index contributed by atoms with van der Waals surface area (Å²) >= 11 is 0. The Morgan fingerprint density at radius 1 is 1.04 bits per heavy atom. The molecule has 1 aromatic heterocycles. The van der Waals surface area contributed by atoms with Gasteiger partial charge in [-0.2, -0.15) is 0 Å². The van der Waals surface area contributed by atoms with E-state index in [0.29, 0.717) is 33.6 Å². The van der Waals surface area contributed by atoms with Crippen molar-refractivity contribution in [2.24, 2.45) is 0 Å². The number of phenolic OH excluding ortho intramolecular Hbond substituents is 2. The number of rotatable bonds is 2. The van der Waals surface area contributed by atoms with Crippen LogP contribution in [0, 0.1) is 13.8 Å². The first-order valence-electron chi connectivity index (χ1n) is 7.07. The molecule has 0 fully saturated rings. The van der Waals surface area contributed by atoms with E-state index < -0.39 is 0 Å². The van der Waals surface area contributed by atoms with Crippen molar-refractivity contribution >= 4 is 11.0 Å². The molecule has 5 heteroatoms. The highest BCUT2D eigenvalue weighted by atomic mass is 16.5. The molecule has 0 radical (unpaired) electrons. The van der Waals surface area contributed by atoms with E-state index >= 15 is 0 Å². The van der Waals surface area contributed by atoms with Crippen molar-refractivity contribution in [3.63, 3.8) is 0 Å². The average Bonchev–Trinajstić information content (AvgIpc) is 2.54. The monoisotopic (exact) mass is 312 g/mol. The number of ether oxygens (including phenoxy) is 1. The Morgan fingerprint density at radius 2 is 1.70 bits per heavy atom. The second-order valence-electron chi connectivity index (χ2n) is 5.36. The van der Waals surface area contributed by atoms with Crippen molar-refractivity contribution in [2.45, 2.75) is 13.8 Å². The van der Waals surface area contributed by atoms with Gasteiger partial charge in [0.05, 0.1) is 7.11 Å². The first-order chi connectivity index (χ1) is 10.9. The molecule has 2 N–H and O–H groups in total. The summed E-state index contributed by atoms with van der Waals surface area (Å²) in [6.07, 6.45) is 0. The zero-order chi connectivity index (χ0) is 16.7. The molecule has 0 saturated heterocycles. The summed E-state index contributed by atoms with van der Waals surface area (Å²) in [5.41, 5.74) is 1.63. The largest absolute Gasteiger partial charge is 0.508 e. The summed E-state index contributed by atoms with van der Waals surface area (Å²) in [4.78, 5) is 12.8. The number of methoxy groups -OCH3 is 1. The number of benzene rings is 2. The quantitative estimate of drug-likeness (QED) is 0.757. The van der Waals surface area contributed by atoms with Crippen LogP contribution in [-0.2, 0) is 0 Å². The molecule has 0 saturated carbocycles. The van der Waals surface area contributed by atoms with Gasteiger partial charge in [0, 0.05) is 22.8 Å². The van der Waals surface area contributed by atoms with Crippen molar-refractivity contribution in [2.75, 3.05) is 7.11 Å². The Labute approximate surface area is 132 Å². The Morgan fingerprint density at radius 3 is 2.30 bits per heavy atom. The van der Waals surface area contributed by atoms with Crippen LogP contribution in [0.2, 0.25) is 0 Å². The van der Waals surface area contributed by atoms with Gasteiger partial charge in [-0.05, 0) is 38.1 Å². The number of hydrogen-bond donors (Lipinski definition) is 2. The third-order valence-corrected chi connectivity index (χ3v) is 3.92. The van der Waals surface area contributed by atoms with Crippen LogP contribution >= 0.6 is 0 Å². The Hall–Kier alpha value is -2.95. The molecule has 5 nitrogen and oxygen atoms in total. The molecule has 2 aromatic carbocycles. The van der Waals surface area contributed by atoms with E-state index in [9.17, 15) is 15.0 Å². The number of aromatic hydroxyl groups is 2. The van der Waals surface area contributed by atoms with Gasteiger partial charge in [-0.15, -0.1) is 0 Å². The third kappa shape index (κ3) is 2.30. The van der Waals surface area contributed by atoms with Gasteiger partial charge in [0.25, 0.3) is 0 Å². The molecule has 0 amide bonds. The van der Waals surface area contributed by atoms with Crippen LogP contribution in [-0.4, -0.2) is 17.3 Å². The predicted octanol–water partition coefficient (Wildman–Crippen LogP) is 3.50. The Kier molecular flexibility index (Phi) is 3.48. The molecule has 118 valence electrons. The maximum atomic E-state index is 12.8. The molecule has 23 heavy (non-hydrogen) atoms. The zero-order valence-corrected chi connectivity index (χ0v) is 13.0. The van der Waals surface area contributed by atoms with E-state index in [1.54, 1.807) is 26.0 Å². The van der Waals surface area contributed by atoms with Crippen molar-refractivity contribution in [1.29, 1.82) is 0 Å². The minimum atomic E-state index is -0.214. The molecule has 1 heterocycles. The van der Waals surface area contributed by atoms with E-state index in [4.69, 9.17) is 9.15 Å². The van der Waals surface area contributed by atoms with Crippen LogP contribution in [0.5, 0.6) is 17.2 Å². The van der Waals surface area contributed by atoms with Crippen molar-refractivity contribution in [3.05, 3.63) is 51.7 Å². The zero-order valence-electron chi connectivity index (χ0n) is 13.0. The van der Waals surface area contributed by atoms with Gasteiger partial charge in [-0.25, -0.2) is 0 Å². The van der Waals surface area contributed by atoms with Crippen LogP contribution in [0.25, 0.3) is 22.3 Å². The molecule has 0 aliphatic rings. The Bertz CT molecular complexity index is 952. The van der Waals surface area contributed by atoms with Crippen LogP contribution in [0.4, 0.5) is 0 Å². The Balaban J connectivity index is 2.40. The van der Waals surface area contributed by atoms with Gasteiger partial charge >= 0.3 is 0 Å². The molecular formula is C18H16O5. The summed E-state index contributed by atoms with van der Waals surface area (Å²) < 4.78 is 11.1. The molecule has 0 atom stereocenters. The van der Waals surface area contributed by atoms with Gasteiger partial charge in [0.2, 0.25) is 0 Å². The lowest BCUT2D eigenvalue weighted by atomic mass is 10.0. The summed E-state index contributed by atoms with van der Waals surface area (Å²) in [5, 5.41) is 19.7. The topological polar surface area (TPSA) is 79.9 Å². The minimum Gasteiger partial charge on any atom is -0.508 e. The molecule has 0 bridgehead atoms. The first-order valence-corrected chi connectivity index (χ1v) is 7.07. The summed E-state index contributed by atoms with van der Waals surface area (Å²) in [5.74, 6) is 0.837. The van der Waals surface area contributed by atoms with Crippen molar-refractivity contribution in [3.8, 4) is 28.6 Å². The minimum absolute atomic E-state index is 0.00184. The molecule has 3 aromatic rings. The maximum Gasteiger partial charge on any atom is 0.199 e. The van der Waals surface area contributed by atoms with E-state index in [2.05, 4.69) is 0 Å². The molecule has 0 spiro atoms. The van der Waals surface area contributed by atoms with Gasteiger partial charge in [0.1, 0.15) is 34.0 Å². The fourth-order valence-corrected chi connectivity index (χ4v) is 2.64. The molecule has 0 aliphatic heterocycles. The smallest absolute Gasteiger partial charge is 0.199 e. The van der Waals surface area contributed by atoms with Gasteiger partial charge < -0.3 is 19.4 Å². The molecule has 3 rings (SSSR count). The fourth-order valence-electron chi connectivity index (χ4n) is 2.64. The predicted molar refractivity (Wildman–Crippen MR) is 87.3 cm³/mol. The highest BCUT2D eigenvalue weighted by Gasteiger charge is 2.19. The van der Waals surface area contributed by atoms with Gasteiger partial charge in [-0.1, -0.05) is 0 Å². The normalized spacial score (nSPS) is 10.9. The van der Waals surface area contributed by atoms with Crippen molar-refractivity contribution < 1.29 is 19.4 Å². The summed E-state index contributed by atoms with van der Waals surface area (Å²) in [7, 11) is 1.45. The average molecular weight is 312 g/mol. The second kappa shape index (κ2) is 5.35. The number of fused-ring (bicyclic) bond motifs is 1. The van der Waals surface area contributed by atoms with E-state index in [1.807, 2.05) is 0 Å². The van der Waals surface area contributed by atoms with E-state index in [-0.39, 0.29) is 22.5 Å². The first kappa shape index (κ1) is 15.0. The van der Waals surface area contributed by atoms with E-state index in [1.165, 1.54) is 25.3 Å². The van der Waals surface area contributed by atoms with Crippen LogP contribution in [0.15, 0.2) is 39.5 Å². The van der Waals surface area contributed by atoms with Crippen LogP contribution in [0.3, 0.4) is 0 Å². The highest BCUT2D eigenvalue weighted by molar-refractivity contribution is 5.89. The number of hydrogen-bond acceptors (Lipinski definition) is 5. The maximum absolute atomic E-state index is 12.8. The number of phenols is 2. The lowest BCUT2D eigenvalue weighted by Gasteiger charge is -2.12. The molecular weight excluding hydrogens is 296 g/mol. The standard InChI is InChI=1S/C18H16O5/c1-9-13(20)8-14-15(18(9)22-3)16(21)10(2)17(23-14)11-4-6-12(19)7-5-11/h4-8,19-20H,1-3H3. The van der Waals surface area contributed by atoms with Crippen LogP contribution < -0.4 is 10.2 Å². The van der Waals surface area contributed by atoms with Crippen LogP contribution in [0.1, 0.15) is 11.1 Å². The lowest BCUT2D eigenvalue weighted by molar-refractivity contribution is 0.406. The lowest BCUT2D eigenvalue weighted by Crippen LogP contribution is -2.09. The molecule has 0 aliphatic carbocycles. The summed E-state index contributed by atoms with van der Waals surface area (Å²) in [6.45, 7) is 3.35.